The number of carbonyl (C=O) groups excluding carboxylic acids is 1. The molecular weight excluding hydrogens is 344 g/mol. The number of hydrogen-bond donors (Lipinski definition) is 2. The summed E-state index contributed by atoms with van der Waals surface area (Å²) in [4.78, 5) is 16.3. The van der Waals surface area contributed by atoms with Crippen LogP contribution in [0.25, 0.3) is 11.0 Å². The molecule has 2 aromatic heterocycles. The van der Waals surface area contributed by atoms with E-state index in [2.05, 4.69) is 36.4 Å². The Morgan fingerprint density at radius 1 is 1.30 bits per heavy atom. The number of halogens is 2. The average molecular weight is 352 g/mol. The fraction of sp³-hybridized carbons (Fsp3) is 0. The predicted octanol–water partition coefficient (Wildman–Crippen LogP) is 3.63. The molecule has 20 heavy (non-hydrogen) atoms. The van der Waals surface area contributed by atoms with Crippen LogP contribution in [0.3, 0.4) is 0 Å². The number of aromatic nitrogens is 3. The molecule has 0 atom stereocenters. The normalized spacial score (nSPS) is 10.7. The van der Waals surface area contributed by atoms with E-state index in [1.807, 2.05) is 6.07 Å². The molecule has 2 N–H and O–H groups in total. The Morgan fingerprint density at radius 2 is 2.05 bits per heavy atom. The number of rotatable bonds is 2. The van der Waals surface area contributed by atoms with Crippen molar-refractivity contribution in [3.8, 4) is 0 Å². The van der Waals surface area contributed by atoms with Crippen LogP contribution in [0.15, 0.2) is 41.0 Å². The Kier molecular flexibility index (Phi) is 3.42. The van der Waals surface area contributed by atoms with E-state index in [0.29, 0.717) is 22.1 Å². The van der Waals surface area contributed by atoms with Crippen LogP contribution >= 0.6 is 27.5 Å². The number of nitrogens with one attached hydrogen (secondary N) is 2. The minimum Gasteiger partial charge on any atom is -0.306 e. The van der Waals surface area contributed by atoms with Gasteiger partial charge in [0.2, 0.25) is 0 Å². The third-order valence-electron chi connectivity index (χ3n) is 2.72. The Bertz CT molecular complexity index is 785. The van der Waals surface area contributed by atoms with Gasteiger partial charge in [-0.1, -0.05) is 11.6 Å². The Hall–Kier alpha value is -1.92. The Balaban J connectivity index is 1.91. The second-order valence-electron chi connectivity index (χ2n) is 4.08. The van der Waals surface area contributed by atoms with Crippen molar-refractivity contribution < 1.29 is 4.79 Å². The molecule has 0 spiro atoms. The lowest BCUT2D eigenvalue weighted by Crippen LogP contribution is -2.12. The monoisotopic (exact) mass is 350 g/mol. The fourth-order valence-electron chi connectivity index (χ4n) is 1.76. The van der Waals surface area contributed by atoms with Gasteiger partial charge in [0.15, 0.2) is 5.65 Å². The van der Waals surface area contributed by atoms with Crippen molar-refractivity contribution >= 4 is 50.3 Å². The smallest absolute Gasteiger partial charge is 0.256 e. The van der Waals surface area contributed by atoms with Gasteiger partial charge in [0.1, 0.15) is 5.82 Å². The van der Waals surface area contributed by atoms with E-state index in [9.17, 15) is 4.79 Å². The van der Waals surface area contributed by atoms with Crippen molar-refractivity contribution in [2.24, 2.45) is 0 Å². The number of aromatic amines is 1. The zero-order chi connectivity index (χ0) is 14.1. The Labute approximate surface area is 127 Å². The van der Waals surface area contributed by atoms with Crippen LogP contribution in [0, 0.1) is 0 Å². The molecule has 1 amide bonds. The highest BCUT2D eigenvalue weighted by atomic mass is 79.9. The maximum Gasteiger partial charge on any atom is 0.256 e. The summed E-state index contributed by atoms with van der Waals surface area (Å²) in [5.74, 6) is 0.265. The minimum atomic E-state index is -0.243. The maximum atomic E-state index is 12.1. The second-order valence-corrected chi connectivity index (χ2v) is 5.44. The molecule has 0 aliphatic carbocycles. The van der Waals surface area contributed by atoms with Gasteiger partial charge in [-0.15, -0.1) is 0 Å². The van der Waals surface area contributed by atoms with Gasteiger partial charge in [0, 0.05) is 21.3 Å². The molecule has 0 unspecified atom stereocenters. The van der Waals surface area contributed by atoms with Crippen LogP contribution in [0.4, 0.5) is 5.82 Å². The van der Waals surface area contributed by atoms with E-state index in [4.69, 9.17) is 11.6 Å². The summed E-state index contributed by atoms with van der Waals surface area (Å²) in [6.45, 7) is 0. The van der Waals surface area contributed by atoms with Gasteiger partial charge in [-0.05, 0) is 46.3 Å². The molecule has 1 aromatic carbocycles. The molecule has 2 heterocycles. The molecule has 3 aromatic rings. The first-order valence-electron chi connectivity index (χ1n) is 5.70. The number of hydrogen-bond acceptors (Lipinski definition) is 3. The number of pyridine rings is 1. The molecule has 0 saturated carbocycles. The van der Waals surface area contributed by atoms with Gasteiger partial charge in [-0.2, -0.15) is 5.10 Å². The third kappa shape index (κ3) is 2.52. The van der Waals surface area contributed by atoms with E-state index < -0.39 is 0 Å². The topological polar surface area (TPSA) is 70.7 Å². The van der Waals surface area contributed by atoms with Crippen molar-refractivity contribution in [1.82, 2.24) is 15.2 Å². The van der Waals surface area contributed by atoms with Crippen LogP contribution in [-0.2, 0) is 0 Å². The summed E-state index contributed by atoms with van der Waals surface area (Å²) in [6.07, 6.45) is 1.65. The number of nitrogens with zero attached hydrogens (tertiary/aromatic N) is 2. The molecule has 0 saturated heterocycles. The van der Waals surface area contributed by atoms with E-state index in [0.717, 1.165) is 9.86 Å². The molecule has 0 aliphatic rings. The quantitative estimate of drug-likeness (QED) is 0.740. The van der Waals surface area contributed by atoms with Gasteiger partial charge >= 0.3 is 0 Å². The van der Waals surface area contributed by atoms with Crippen LogP contribution in [0.1, 0.15) is 10.4 Å². The predicted molar refractivity (Wildman–Crippen MR) is 81.0 cm³/mol. The summed E-state index contributed by atoms with van der Waals surface area (Å²) >= 11 is 9.13. The minimum absolute atomic E-state index is 0.243. The van der Waals surface area contributed by atoms with Crippen LogP contribution in [-0.4, -0.2) is 21.1 Å². The van der Waals surface area contributed by atoms with Gasteiger partial charge in [0.25, 0.3) is 5.91 Å². The average Bonchev–Trinajstić information content (AvgIpc) is 2.82. The summed E-state index contributed by atoms with van der Waals surface area (Å²) in [7, 11) is 0. The molecule has 100 valence electrons. The SMILES string of the molecule is O=C(Nc1[nH]nc2ncc(Br)cc12)c1ccc(Cl)cc1. The summed E-state index contributed by atoms with van der Waals surface area (Å²) in [5, 5.41) is 10.9. The highest BCUT2D eigenvalue weighted by Crippen LogP contribution is 2.22. The molecule has 0 aliphatic heterocycles. The summed E-state index contributed by atoms with van der Waals surface area (Å²) in [6, 6.07) is 8.48. The molecular formula is C13H8BrClN4O. The zero-order valence-electron chi connectivity index (χ0n) is 10.0. The molecule has 0 radical (unpaired) electrons. The molecule has 0 fully saturated rings. The largest absolute Gasteiger partial charge is 0.306 e. The number of carbonyl (C=O) groups is 1. The van der Waals surface area contributed by atoms with Crippen molar-refractivity contribution in [3.05, 3.63) is 51.6 Å². The van der Waals surface area contributed by atoms with E-state index in [1.54, 1.807) is 30.5 Å². The number of anilines is 1. The number of amides is 1. The third-order valence-corrected chi connectivity index (χ3v) is 3.41. The first-order valence-corrected chi connectivity index (χ1v) is 6.87. The summed E-state index contributed by atoms with van der Waals surface area (Å²) < 4.78 is 0.813. The second kappa shape index (κ2) is 5.22. The fourth-order valence-corrected chi connectivity index (χ4v) is 2.21. The molecule has 5 nitrogen and oxygen atoms in total. The van der Waals surface area contributed by atoms with Crippen LogP contribution in [0.2, 0.25) is 5.02 Å². The van der Waals surface area contributed by atoms with E-state index >= 15 is 0 Å². The number of H-pyrrole nitrogens is 1. The van der Waals surface area contributed by atoms with E-state index in [1.165, 1.54) is 0 Å². The highest BCUT2D eigenvalue weighted by Gasteiger charge is 2.11. The first kappa shape index (κ1) is 13.1. The van der Waals surface area contributed by atoms with Crippen molar-refractivity contribution in [2.75, 3.05) is 5.32 Å². The van der Waals surface area contributed by atoms with Gasteiger partial charge in [-0.3, -0.25) is 9.89 Å². The molecule has 7 heteroatoms. The van der Waals surface area contributed by atoms with Gasteiger partial charge in [0.05, 0.1) is 5.39 Å². The lowest BCUT2D eigenvalue weighted by Gasteiger charge is -2.03. The lowest BCUT2D eigenvalue weighted by molar-refractivity contribution is 0.102. The van der Waals surface area contributed by atoms with Crippen molar-refractivity contribution in [3.63, 3.8) is 0 Å². The highest BCUT2D eigenvalue weighted by molar-refractivity contribution is 9.10. The number of benzene rings is 1. The molecule has 3 rings (SSSR count). The van der Waals surface area contributed by atoms with Crippen LogP contribution < -0.4 is 5.32 Å². The lowest BCUT2D eigenvalue weighted by atomic mass is 10.2. The zero-order valence-corrected chi connectivity index (χ0v) is 12.4. The standard InChI is InChI=1S/C13H8BrClN4O/c14-8-5-10-11(16-6-8)18-19-12(10)17-13(20)7-1-3-9(15)4-2-7/h1-6H,(H2,16,17,18,19,20). The van der Waals surface area contributed by atoms with Crippen molar-refractivity contribution in [2.45, 2.75) is 0 Å². The maximum absolute atomic E-state index is 12.1. The molecule has 0 bridgehead atoms. The van der Waals surface area contributed by atoms with Crippen molar-refractivity contribution in [1.29, 1.82) is 0 Å². The summed E-state index contributed by atoms with van der Waals surface area (Å²) in [5.41, 5.74) is 1.06. The van der Waals surface area contributed by atoms with Gasteiger partial charge in [-0.25, -0.2) is 4.98 Å². The van der Waals surface area contributed by atoms with E-state index in [-0.39, 0.29) is 5.91 Å². The first-order chi connectivity index (χ1) is 9.63. The van der Waals surface area contributed by atoms with Crippen LogP contribution in [0.5, 0.6) is 0 Å². The van der Waals surface area contributed by atoms with Gasteiger partial charge < -0.3 is 5.32 Å². The Morgan fingerprint density at radius 3 is 2.80 bits per heavy atom. The number of fused-ring (bicyclic) bond motifs is 1.